The van der Waals surface area contributed by atoms with E-state index in [0.717, 1.165) is 32.2 Å². The first kappa shape index (κ1) is 12.8. The maximum Gasteiger partial charge on any atom is 0.166 e. The predicted octanol–water partition coefficient (Wildman–Crippen LogP) is 1.37. The van der Waals surface area contributed by atoms with Crippen molar-refractivity contribution in [2.75, 3.05) is 26.2 Å². The number of rotatable bonds is 2. The third-order valence-corrected chi connectivity index (χ3v) is 3.37. The fraction of sp³-hybridized carbons (Fsp3) is 0.462. The molecular weight excluding hydrogens is 233 g/mol. The fourth-order valence-electron chi connectivity index (χ4n) is 2.27. The zero-order chi connectivity index (χ0) is 13.1. The standard InChI is InChI=1S/C13H16FN3O/c1-9(17-4-2-16-3-5-17)11-6-10(8-15)7-12(14)13(11)18/h6-7,9,16,18H,2-5H2,1H3/t9-/m1/s1. The summed E-state index contributed by atoms with van der Waals surface area (Å²) < 4.78 is 13.5. The SMILES string of the molecule is C[C@H](c1cc(C#N)cc(F)c1O)N1CCNCC1. The third kappa shape index (κ3) is 2.45. The first-order valence-electron chi connectivity index (χ1n) is 6.00. The van der Waals surface area contributed by atoms with Gasteiger partial charge in [0.2, 0.25) is 0 Å². The minimum Gasteiger partial charge on any atom is -0.505 e. The Morgan fingerprint density at radius 3 is 2.72 bits per heavy atom. The van der Waals surface area contributed by atoms with Gasteiger partial charge in [-0.25, -0.2) is 4.39 Å². The lowest BCUT2D eigenvalue weighted by molar-refractivity contribution is 0.182. The number of hydrogen-bond donors (Lipinski definition) is 2. The Bertz CT molecular complexity index is 478. The topological polar surface area (TPSA) is 59.3 Å². The molecule has 5 heteroatoms. The van der Waals surface area contributed by atoms with E-state index in [0.29, 0.717) is 5.56 Å². The molecule has 0 aliphatic carbocycles. The van der Waals surface area contributed by atoms with Crippen molar-refractivity contribution >= 4 is 0 Å². The highest BCUT2D eigenvalue weighted by Gasteiger charge is 2.22. The van der Waals surface area contributed by atoms with E-state index in [4.69, 9.17) is 5.26 Å². The summed E-state index contributed by atoms with van der Waals surface area (Å²) in [5.41, 5.74) is 0.718. The van der Waals surface area contributed by atoms with Crippen LogP contribution in [0.15, 0.2) is 12.1 Å². The summed E-state index contributed by atoms with van der Waals surface area (Å²) in [5.74, 6) is -1.08. The molecule has 0 bridgehead atoms. The summed E-state index contributed by atoms with van der Waals surface area (Å²) in [4.78, 5) is 2.16. The Morgan fingerprint density at radius 2 is 2.11 bits per heavy atom. The minimum atomic E-state index is -0.731. The Balaban J connectivity index is 2.31. The van der Waals surface area contributed by atoms with Crippen LogP contribution in [0, 0.1) is 17.1 Å². The van der Waals surface area contributed by atoms with E-state index in [1.807, 2.05) is 13.0 Å². The van der Waals surface area contributed by atoms with Gasteiger partial charge >= 0.3 is 0 Å². The first-order valence-corrected chi connectivity index (χ1v) is 6.00. The van der Waals surface area contributed by atoms with Crippen molar-refractivity contribution in [2.45, 2.75) is 13.0 Å². The van der Waals surface area contributed by atoms with Crippen LogP contribution in [0.3, 0.4) is 0 Å². The molecule has 1 atom stereocenters. The molecule has 1 heterocycles. The van der Waals surface area contributed by atoms with Gasteiger partial charge in [-0.1, -0.05) is 0 Å². The van der Waals surface area contributed by atoms with E-state index in [1.54, 1.807) is 6.07 Å². The lowest BCUT2D eigenvalue weighted by Gasteiger charge is -2.33. The average Bonchev–Trinajstić information content (AvgIpc) is 2.42. The average molecular weight is 249 g/mol. The van der Waals surface area contributed by atoms with Crippen LogP contribution in [0.1, 0.15) is 24.1 Å². The second kappa shape index (κ2) is 5.34. The number of nitriles is 1. The smallest absolute Gasteiger partial charge is 0.166 e. The molecule has 0 aromatic heterocycles. The van der Waals surface area contributed by atoms with Crippen LogP contribution in [-0.4, -0.2) is 36.2 Å². The zero-order valence-electron chi connectivity index (χ0n) is 10.3. The largest absolute Gasteiger partial charge is 0.505 e. The molecule has 0 amide bonds. The molecule has 2 N–H and O–H groups in total. The zero-order valence-corrected chi connectivity index (χ0v) is 10.3. The Morgan fingerprint density at radius 1 is 1.44 bits per heavy atom. The number of benzene rings is 1. The fourth-order valence-corrected chi connectivity index (χ4v) is 2.27. The summed E-state index contributed by atoms with van der Waals surface area (Å²) in [6.07, 6.45) is 0. The van der Waals surface area contributed by atoms with Gasteiger partial charge in [0.25, 0.3) is 0 Å². The number of piperazine rings is 1. The first-order chi connectivity index (χ1) is 8.63. The maximum atomic E-state index is 13.5. The number of nitrogens with one attached hydrogen (secondary N) is 1. The van der Waals surface area contributed by atoms with Crippen molar-refractivity contribution in [2.24, 2.45) is 0 Å². The molecule has 0 unspecified atom stereocenters. The molecule has 18 heavy (non-hydrogen) atoms. The summed E-state index contributed by atoms with van der Waals surface area (Å²) in [5, 5.41) is 21.9. The molecule has 1 aromatic carbocycles. The second-order valence-corrected chi connectivity index (χ2v) is 4.47. The highest BCUT2D eigenvalue weighted by Crippen LogP contribution is 2.31. The van der Waals surface area contributed by atoms with Crippen LogP contribution >= 0.6 is 0 Å². The normalized spacial score (nSPS) is 18.3. The quantitative estimate of drug-likeness (QED) is 0.831. The van der Waals surface area contributed by atoms with Crippen LogP contribution < -0.4 is 5.32 Å². The molecular formula is C13H16FN3O. The molecule has 2 rings (SSSR count). The molecule has 96 valence electrons. The molecule has 4 nitrogen and oxygen atoms in total. The van der Waals surface area contributed by atoms with Gasteiger partial charge in [0, 0.05) is 37.8 Å². The van der Waals surface area contributed by atoms with E-state index < -0.39 is 5.82 Å². The lowest BCUT2D eigenvalue weighted by Crippen LogP contribution is -2.44. The number of aromatic hydroxyl groups is 1. The Kier molecular flexibility index (Phi) is 3.80. The number of nitrogens with zero attached hydrogens (tertiary/aromatic N) is 2. The highest BCUT2D eigenvalue weighted by atomic mass is 19.1. The molecule has 1 fully saturated rings. The number of phenols is 1. The predicted molar refractivity (Wildman–Crippen MR) is 65.6 cm³/mol. The molecule has 1 aliphatic heterocycles. The monoisotopic (exact) mass is 249 g/mol. The minimum absolute atomic E-state index is 0.102. The van der Waals surface area contributed by atoms with Crippen LogP contribution in [0.25, 0.3) is 0 Å². The van der Waals surface area contributed by atoms with E-state index in [-0.39, 0.29) is 17.4 Å². The van der Waals surface area contributed by atoms with Gasteiger partial charge in [-0.15, -0.1) is 0 Å². The van der Waals surface area contributed by atoms with Crippen LogP contribution in [-0.2, 0) is 0 Å². The van der Waals surface area contributed by atoms with E-state index in [2.05, 4.69) is 10.2 Å². The van der Waals surface area contributed by atoms with Gasteiger partial charge in [0.1, 0.15) is 0 Å². The Labute approximate surface area is 106 Å². The van der Waals surface area contributed by atoms with E-state index in [9.17, 15) is 9.50 Å². The van der Waals surface area contributed by atoms with Crippen molar-refractivity contribution in [3.05, 3.63) is 29.1 Å². The molecule has 0 saturated carbocycles. The number of hydrogen-bond acceptors (Lipinski definition) is 4. The van der Waals surface area contributed by atoms with Crippen molar-refractivity contribution in [3.63, 3.8) is 0 Å². The number of phenolic OH excluding ortho intramolecular Hbond substituents is 1. The summed E-state index contributed by atoms with van der Waals surface area (Å²) in [6.45, 7) is 5.37. The van der Waals surface area contributed by atoms with Crippen molar-refractivity contribution in [1.82, 2.24) is 10.2 Å². The van der Waals surface area contributed by atoms with Gasteiger partial charge in [-0.2, -0.15) is 5.26 Å². The summed E-state index contributed by atoms with van der Waals surface area (Å²) in [6, 6.07) is 4.43. The van der Waals surface area contributed by atoms with Gasteiger partial charge in [-0.3, -0.25) is 4.90 Å². The molecule has 1 aromatic rings. The van der Waals surface area contributed by atoms with Crippen molar-refractivity contribution in [1.29, 1.82) is 5.26 Å². The highest BCUT2D eigenvalue weighted by molar-refractivity contribution is 5.44. The van der Waals surface area contributed by atoms with Crippen molar-refractivity contribution in [3.8, 4) is 11.8 Å². The lowest BCUT2D eigenvalue weighted by atomic mass is 10.0. The maximum absolute atomic E-state index is 13.5. The van der Waals surface area contributed by atoms with Gasteiger partial charge in [0.05, 0.1) is 11.6 Å². The molecule has 0 radical (unpaired) electrons. The molecule has 1 aliphatic rings. The van der Waals surface area contributed by atoms with Gasteiger partial charge in [-0.05, 0) is 19.1 Å². The third-order valence-electron chi connectivity index (χ3n) is 3.37. The van der Waals surface area contributed by atoms with E-state index in [1.165, 1.54) is 0 Å². The van der Waals surface area contributed by atoms with Crippen LogP contribution in [0.5, 0.6) is 5.75 Å². The number of halogens is 1. The van der Waals surface area contributed by atoms with Crippen LogP contribution in [0.4, 0.5) is 4.39 Å². The van der Waals surface area contributed by atoms with Gasteiger partial charge < -0.3 is 10.4 Å². The van der Waals surface area contributed by atoms with Crippen molar-refractivity contribution < 1.29 is 9.50 Å². The van der Waals surface area contributed by atoms with Crippen LogP contribution in [0.2, 0.25) is 0 Å². The van der Waals surface area contributed by atoms with E-state index >= 15 is 0 Å². The molecule has 0 spiro atoms. The second-order valence-electron chi connectivity index (χ2n) is 4.47. The Hall–Kier alpha value is -1.64. The summed E-state index contributed by atoms with van der Waals surface area (Å²) in [7, 11) is 0. The van der Waals surface area contributed by atoms with Gasteiger partial charge in [0.15, 0.2) is 11.6 Å². The molecule has 1 saturated heterocycles. The summed E-state index contributed by atoms with van der Waals surface area (Å²) >= 11 is 0.